The summed E-state index contributed by atoms with van der Waals surface area (Å²) in [6.07, 6.45) is 2.51. The van der Waals surface area contributed by atoms with Gasteiger partial charge in [-0.1, -0.05) is 48.3 Å². The van der Waals surface area contributed by atoms with Gasteiger partial charge in [0.25, 0.3) is 0 Å². The molecule has 0 aromatic heterocycles. The van der Waals surface area contributed by atoms with E-state index in [1.54, 1.807) is 34.9 Å². The third-order valence-electron chi connectivity index (χ3n) is 7.85. The van der Waals surface area contributed by atoms with E-state index >= 15 is 4.39 Å². The van der Waals surface area contributed by atoms with Crippen LogP contribution in [0.15, 0.2) is 36.4 Å². The topological polar surface area (TPSA) is 76.1 Å². The van der Waals surface area contributed by atoms with Gasteiger partial charge in [-0.05, 0) is 61.4 Å². The molecule has 3 atom stereocenters. The van der Waals surface area contributed by atoms with E-state index in [-0.39, 0.29) is 17.6 Å². The second-order valence-electron chi connectivity index (χ2n) is 10.9. The highest BCUT2D eigenvalue weighted by atomic mass is 35.5. The summed E-state index contributed by atoms with van der Waals surface area (Å²) < 4.78 is 15.1. The summed E-state index contributed by atoms with van der Waals surface area (Å²) in [5, 5.41) is 13.5. The van der Waals surface area contributed by atoms with Crippen LogP contribution in [0.1, 0.15) is 44.2 Å². The molecule has 4 rings (SSSR count). The number of anilines is 1. The van der Waals surface area contributed by atoms with E-state index in [1.807, 2.05) is 17.0 Å². The molecule has 7 nitrogen and oxygen atoms in total. The average Bonchev–Trinajstić information content (AvgIpc) is 3.35. The minimum Gasteiger partial charge on any atom is -0.379 e. The number of halogens is 3. The van der Waals surface area contributed by atoms with E-state index in [0.717, 1.165) is 30.4 Å². The number of benzene rings is 2. The number of piperazine rings is 1. The van der Waals surface area contributed by atoms with Crippen molar-refractivity contribution in [2.75, 3.05) is 44.2 Å². The summed E-state index contributed by atoms with van der Waals surface area (Å²) in [5.41, 5.74) is 2.32. The first-order valence-electron chi connectivity index (χ1n) is 14.1. The Hall–Kier alpha value is -2.39. The summed E-state index contributed by atoms with van der Waals surface area (Å²) in [6, 6.07) is 9.76. The van der Waals surface area contributed by atoms with Crippen LogP contribution in [0.2, 0.25) is 10.0 Å². The van der Waals surface area contributed by atoms with E-state index in [0.29, 0.717) is 73.8 Å². The molecule has 10 heteroatoms. The number of nitrogens with zero attached hydrogens (tertiary/aromatic N) is 3. The van der Waals surface area contributed by atoms with Gasteiger partial charge in [0.05, 0.1) is 5.69 Å². The number of aliphatic hydroxyl groups excluding tert-OH is 1. The summed E-state index contributed by atoms with van der Waals surface area (Å²) in [6.45, 7) is 6.91. The van der Waals surface area contributed by atoms with Crippen molar-refractivity contribution in [3.05, 3.63) is 63.4 Å². The van der Waals surface area contributed by atoms with Gasteiger partial charge >= 0.3 is 0 Å². The molecule has 2 saturated heterocycles. The van der Waals surface area contributed by atoms with Crippen molar-refractivity contribution in [1.82, 2.24) is 15.1 Å². The van der Waals surface area contributed by atoms with Gasteiger partial charge in [0.1, 0.15) is 18.1 Å². The average molecular weight is 594 g/mol. The first-order valence-corrected chi connectivity index (χ1v) is 14.9. The molecule has 2 N–H and O–H groups in total. The van der Waals surface area contributed by atoms with Crippen LogP contribution in [0.4, 0.5) is 10.1 Å². The molecular formula is C30H39Cl2FN4O3. The van der Waals surface area contributed by atoms with Gasteiger partial charge in [-0.3, -0.25) is 14.9 Å². The molecule has 0 radical (unpaired) electrons. The van der Waals surface area contributed by atoms with E-state index in [1.165, 1.54) is 6.07 Å². The molecule has 2 heterocycles. The number of likely N-dealkylation sites (tertiary alicyclic amines) is 1. The second-order valence-corrected chi connectivity index (χ2v) is 11.8. The quantitative estimate of drug-likeness (QED) is 0.375. The lowest BCUT2D eigenvalue weighted by Gasteiger charge is -2.40. The van der Waals surface area contributed by atoms with E-state index in [2.05, 4.69) is 12.2 Å². The summed E-state index contributed by atoms with van der Waals surface area (Å²) in [7, 11) is 0. The van der Waals surface area contributed by atoms with Crippen LogP contribution >= 0.6 is 23.2 Å². The zero-order valence-corrected chi connectivity index (χ0v) is 24.7. The monoisotopic (exact) mass is 592 g/mol. The molecule has 0 spiro atoms. The highest BCUT2D eigenvalue weighted by Crippen LogP contribution is 2.29. The normalized spacial score (nSPS) is 18.2. The maximum absolute atomic E-state index is 15.1. The number of aliphatic hydroxyl groups is 1. The molecule has 218 valence electrons. The van der Waals surface area contributed by atoms with Crippen LogP contribution in [-0.2, 0) is 22.4 Å². The van der Waals surface area contributed by atoms with Gasteiger partial charge in [-0.25, -0.2) is 4.39 Å². The number of rotatable bonds is 11. The number of hydrogen-bond donors (Lipinski definition) is 2. The third kappa shape index (κ3) is 7.66. The van der Waals surface area contributed by atoms with Crippen molar-refractivity contribution >= 4 is 40.7 Å². The Labute approximate surface area is 246 Å². The van der Waals surface area contributed by atoms with Gasteiger partial charge in [-0.2, -0.15) is 0 Å². The van der Waals surface area contributed by atoms with Crippen LogP contribution in [0, 0.1) is 11.7 Å². The lowest BCUT2D eigenvalue weighted by Crippen LogP contribution is -2.56. The molecular weight excluding hydrogens is 554 g/mol. The predicted octanol–water partition coefficient (Wildman–Crippen LogP) is 4.51. The highest BCUT2D eigenvalue weighted by Gasteiger charge is 2.37. The number of carbonyl (C=O) groups excluding carboxylic acids is 2. The molecule has 0 aliphatic carbocycles. The Bertz CT molecular complexity index is 1190. The van der Waals surface area contributed by atoms with E-state index in [4.69, 9.17) is 23.2 Å². The van der Waals surface area contributed by atoms with Crippen LogP contribution in [0.25, 0.3) is 0 Å². The second kappa shape index (κ2) is 14.0. The smallest absolute Gasteiger partial charge is 0.245 e. The molecule has 2 aromatic rings. The van der Waals surface area contributed by atoms with Crippen LogP contribution in [0.3, 0.4) is 0 Å². The van der Waals surface area contributed by atoms with E-state index < -0.39 is 12.3 Å². The van der Waals surface area contributed by atoms with Gasteiger partial charge in [0.15, 0.2) is 0 Å². The maximum atomic E-state index is 15.1. The van der Waals surface area contributed by atoms with Gasteiger partial charge < -0.3 is 19.8 Å². The zero-order chi connectivity index (χ0) is 28.8. The standard InChI is InChI=1S/C30H39Cl2FN4O3/c1-20(19-34-21(2)38)8-9-22-5-3-6-26(33)29(22)35-13-15-36(16-14-35)30(40)27(37-12-4-7-28(37)39)17-23-10-11-24(31)18-25(23)32/h3,5-6,10-11,18,20-21,27,34,38H,4,7-9,12-17,19H2,1-2H3. The van der Waals surface area contributed by atoms with Gasteiger partial charge in [0.2, 0.25) is 11.8 Å². The maximum Gasteiger partial charge on any atom is 0.245 e. The van der Waals surface area contributed by atoms with Crippen LogP contribution in [0.5, 0.6) is 0 Å². The molecule has 2 amide bonds. The first-order chi connectivity index (χ1) is 19.1. The number of carbonyl (C=O) groups is 2. The van der Waals surface area contributed by atoms with Crippen molar-refractivity contribution < 1.29 is 19.1 Å². The van der Waals surface area contributed by atoms with Crippen LogP contribution < -0.4 is 10.2 Å². The lowest BCUT2D eigenvalue weighted by atomic mass is 9.98. The Morgan fingerprint density at radius 3 is 2.48 bits per heavy atom. The van der Waals surface area contributed by atoms with Crippen molar-refractivity contribution in [2.24, 2.45) is 5.92 Å². The Morgan fingerprint density at radius 2 is 1.82 bits per heavy atom. The van der Waals surface area contributed by atoms with Crippen molar-refractivity contribution in [2.45, 2.75) is 58.2 Å². The summed E-state index contributed by atoms with van der Waals surface area (Å²) in [5.74, 6) is -0.0606. The zero-order valence-electron chi connectivity index (χ0n) is 23.2. The molecule has 2 aliphatic heterocycles. The number of amides is 2. The first kappa shape index (κ1) is 30.6. The van der Waals surface area contributed by atoms with E-state index in [9.17, 15) is 14.7 Å². The minimum atomic E-state index is -0.638. The van der Waals surface area contributed by atoms with Gasteiger partial charge in [0, 0.05) is 62.2 Å². The lowest BCUT2D eigenvalue weighted by molar-refractivity contribution is -0.143. The predicted molar refractivity (Wildman–Crippen MR) is 157 cm³/mol. The fourth-order valence-corrected chi connectivity index (χ4v) is 6.06. The number of aryl methyl sites for hydroxylation is 1. The number of para-hydroxylation sites is 1. The Kier molecular flexibility index (Phi) is 10.7. The number of nitrogens with one attached hydrogen (secondary N) is 1. The fourth-order valence-electron chi connectivity index (χ4n) is 5.58. The van der Waals surface area contributed by atoms with Gasteiger partial charge in [-0.15, -0.1) is 0 Å². The molecule has 0 bridgehead atoms. The van der Waals surface area contributed by atoms with Crippen molar-refractivity contribution in [3.8, 4) is 0 Å². The molecule has 3 unspecified atom stereocenters. The largest absolute Gasteiger partial charge is 0.379 e. The van der Waals surface area contributed by atoms with Crippen molar-refractivity contribution in [1.29, 1.82) is 0 Å². The molecule has 0 saturated carbocycles. The molecule has 2 aliphatic rings. The fraction of sp³-hybridized carbons (Fsp3) is 0.533. The minimum absolute atomic E-state index is 0.0176. The highest BCUT2D eigenvalue weighted by molar-refractivity contribution is 6.35. The number of hydrogen-bond acceptors (Lipinski definition) is 5. The van der Waals surface area contributed by atoms with Crippen molar-refractivity contribution in [3.63, 3.8) is 0 Å². The third-order valence-corrected chi connectivity index (χ3v) is 8.43. The molecule has 2 fully saturated rings. The summed E-state index contributed by atoms with van der Waals surface area (Å²) in [4.78, 5) is 32.0. The molecule has 2 aromatic carbocycles. The van der Waals surface area contributed by atoms with Crippen LogP contribution in [-0.4, -0.2) is 78.3 Å². The SMILES string of the molecule is CC(CCc1cccc(F)c1N1CCN(C(=O)C(Cc2ccc(Cl)cc2Cl)N2CCCC2=O)CC1)CNC(C)O. The Balaban J connectivity index is 1.44. The Morgan fingerprint density at radius 1 is 1.07 bits per heavy atom. The molecule has 40 heavy (non-hydrogen) atoms. The summed E-state index contributed by atoms with van der Waals surface area (Å²) >= 11 is 12.5.